The first kappa shape index (κ1) is 34.4. The molecule has 4 nitrogen and oxygen atoms in total. The Morgan fingerprint density at radius 3 is 2.46 bits per heavy atom. The van der Waals surface area contributed by atoms with Crippen molar-refractivity contribution >= 4 is 22.8 Å². The number of aromatic nitrogens is 1. The van der Waals surface area contributed by atoms with Gasteiger partial charge in [0.15, 0.2) is 0 Å². The summed E-state index contributed by atoms with van der Waals surface area (Å²) < 4.78 is 0. The van der Waals surface area contributed by atoms with Crippen LogP contribution in [0.15, 0.2) is 145 Å². The van der Waals surface area contributed by atoms with E-state index in [4.69, 9.17) is 11.6 Å². The summed E-state index contributed by atoms with van der Waals surface area (Å²) in [7, 11) is 0. The first-order valence-corrected chi connectivity index (χ1v) is 17.3. The number of hydrogen-bond donors (Lipinski definition) is 1. The second kappa shape index (κ2) is 16.2. The number of allylic oxidation sites excluding steroid dienone is 4. The van der Waals surface area contributed by atoms with Crippen LogP contribution in [0.2, 0.25) is 0 Å². The molecule has 4 heteroatoms. The normalized spacial score (nSPS) is 15.6. The minimum atomic E-state index is 0.0318. The van der Waals surface area contributed by atoms with Gasteiger partial charge in [-0.05, 0) is 78.6 Å². The van der Waals surface area contributed by atoms with Crippen molar-refractivity contribution in [3.8, 4) is 11.1 Å². The summed E-state index contributed by atoms with van der Waals surface area (Å²) in [5, 5.41) is 3.80. The van der Waals surface area contributed by atoms with Crippen molar-refractivity contribution in [3.05, 3.63) is 157 Å². The van der Waals surface area contributed by atoms with E-state index in [0.29, 0.717) is 5.92 Å². The first-order chi connectivity index (χ1) is 23.3. The molecule has 0 aliphatic carbocycles. The fourth-order valence-corrected chi connectivity index (χ4v) is 6.80. The van der Waals surface area contributed by atoms with E-state index in [-0.39, 0.29) is 12.0 Å². The summed E-state index contributed by atoms with van der Waals surface area (Å²) in [6.45, 7) is 22.7. The molecule has 0 bridgehead atoms. The van der Waals surface area contributed by atoms with Crippen LogP contribution in [0.3, 0.4) is 0 Å². The van der Waals surface area contributed by atoms with Crippen molar-refractivity contribution in [2.45, 2.75) is 71.3 Å². The van der Waals surface area contributed by atoms with Crippen LogP contribution >= 0.6 is 0 Å². The molecule has 0 spiro atoms. The SMILES string of the molecule is C=CC1=NC(CC(=C)N(CCC)c2cnccc2Nc2ccc(-c3ccccc3)cc2C(C)C)C(CCC(=C)/C=C\C)c2ccccc21. The zero-order valence-electron chi connectivity index (χ0n) is 29.1. The van der Waals surface area contributed by atoms with Gasteiger partial charge in [-0.3, -0.25) is 9.98 Å². The van der Waals surface area contributed by atoms with Gasteiger partial charge in [0, 0.05) is 42.0 Å². The third-order valence-corrected chi connectivity index (χ3v) is 9.19. The Morgan fingerprint density at radius 1 is 0.958 bits per heavy atom. The van der Waals surface area contributed by atoms with E-state index >= 15 is 0 Å². The van der Waals surface area contributed by atoms with E-state index in [9.17, 15) is 0 Å². The van der Waals surface area contributed by atoms with Crippen LogP contribution in [-0.4, -0.2) is 23.3 Å². The highest BCUT2D eigenvalue weighted by atomic mass is 15.2. The Balaban J connectivity index is 1.45. The molecule has 0 saturated heterocycles. The van der Waals surface area contributed by atoms with E-state index < -0.39 is 0 Å². The van der Waals surface area contributed by atoms with Crippen molar-refractivity contribution in [1.29, 1.82) is 0 Å². The molecule has 0 radical (unpaired) electrons. The molecule has 4 aromatic rings. The van der Waals surface area contributed by atoms with Gasteiger partial charge in [0.05, 0.1) is 29.3 Å². The standard InChI is InChI=1S/C44H50N4/c1-8-16-32(6)21-23-38-36-19-14-15-20-37(36)40(10-3)46-43(38)28-33(7)48(27-9-2)44-30-45-26-25-42(44)47-41-24-22-35(29-39(41)31(4)5)34-17-12-11-13-18-34/h8,10-20,22,24-26,29-31,38,43H,3,6-7,9,21,23,27-28H2,1-2,4-5H3,(H,45,47)/b16-8-. The monoisotopic (exact) mass is 634 g/mol. The van der Waals surface area contributed by atoms with E-state index in [1.165, 1.54) is 27.8 Å². The fourth-order valence-electron chi connectivity index (χ4n) is 6.80. The summed E-state index contributed by atoms with van der Waals surface area (Å²) >= 11 is 0. The third-order valence-electron chi connectivity index (χ3n) is 9.19. The maximum atomic E-state index is 5.31. The Bertz CT molecular complexity index is 1800. The van der Waals surface area contributed by atoms with Crippen LogP contribution in [0.5, 0.6) is 0 Å². The Morgan fingerprint density at radius 2 is 1.73 bits per heavy atom. The summed E-state index contributed by atoms with van der Waals surface area (Å²) in [6, 6.07) is 28.1. The number of benzene rings is 3. The van der Waals surface area contributed by atoms with Crippen molar-refractivity contribution in [3.63, 3.8) is 0 Å². The van der Waals surface area contributed by atoms with Crippen LogP contribution in [0.25, 0.3) is 11.1 Å². The molecule has 48 heavy (non-hydrogen) atoms. The maximum Gasteiger partial charge on any atom is 0.0833 e. The molecular weight excluding hydrogens is 585 g/mol. The maximum absolute atomic E-state index is 5.31. The number of hydrogen-bond acceptors (Lipinski definition) is 4. The second-order valence-electron chi connectivity index (χ2n) is 12.9. The molecule has 1 aliphatic heterocycles. The smallest absolute Gasteiger partial charge is 0.0833 e. The van der Waals surface area contributed by atoms with Crippen LogP contribution in [0.1, 0.15) is 81.9 Å². The Hall–Kier alpha value is -4.96. The quantitative estimate of drug-likeness (QED) is 0.132. The molecule has 0 fully saturated rings. The lowest BCUT2D eigenvalue weighted by atomic mass is 9.79. The number of nitrogens with one attached hydrogen (secondary N) is 1. The Labute approximate surface area is 288 Å². The van der Waals surface area contributed by atoms with Crippen molar-refractivity contribution < 1.29 is 0 Å². The van der Waals surface area contributed by atoms with Crippen LogP contribution in [0, 0.1) is 0 Å². The summed E-state index contributed by atoms with van der Waals surface area (Å²) in [5.74, 6) is 0.588. The van der Waals surface area contributed by atoms with Crippen molar-refractivity contribution in [1.82, 2.24) is 4.98 Å². The predicted molar refractivity (Wildman–Crippen MR) is 208 cm³/mol. The lowest BCUT2D eigenvalue weighted by Crippen LogP contribution is -2.31. The van der Waals surface area contributed by atoms with Gasteiger partial charge >= 0.3 is 0 Å². The fraction of sp³-hybridized carbons (Fsp3) is 0.273. The number of anilines is 3. The second-order valence-corrected chi connectivity index (χ2v) is 12.9. The lowest BCUT2D eigenvalue weighted by molar-refractivity contribution is 0.488. The van der Waals surface area contributed by atoms with Gasteiger partial charge in [-0.15, -0.1) is 0 Å². The van der Waals surface area contributed by atoms with Crippen molar-refractivity contribution in [2.75, 3.05) is 16.8 Å². The van der Waals surface area contributed by atoms with Gasteiger partial charge in [-0.2, -0.15) is 0 Å². The topological polar surface area (TPSA) is 40.5 Å². The minimum Gasteiger partial charge on any atom is -0.353 e. The highest BCUT2D eigenvalue weighted by Crippen LogP contribution is 2.40. The van der Waals surface area contributed by atoms with Crippen LogP contribution in [0.4, 0.5) is 17.1 Å². The van der Waals surface area contributed by atoms with E-state index in [1.54, 1.807) is 0 Å². The van der Waals surface area contributed by atoms with Crippen molar-refractivity contribution in [2.24, 2.45) is 4.99 Å². The van der Waals surface area contributed by atoms with Gasteiger partial charge in [0.2, 0.25) is 0 Å². The highest BCUT2D eigenvalue weighted by molar-refractivity contribution is 6.10. The molecule has 2 unspecified atom stereocenters. The van der Waals surface area contributed by atoms with E-state index in [2.05, 4.69) is 140 Å². The molecule has 3 aromatic carbocycles. The highest BCUT2D eigenvalue weighted by Gasteiger charge is 2.31. The van der Waals surface area contributed by atoms with Gasteiger partial charge in [0.25, 0.3) is 0 Å². The molecule has 0 amide bonds. The molecule has 2 atom stereocenters. The van der Waals surface area contributed by atoms with Crippen LogP contribution < -0.4 is 10.2 Å². The molecule has 246 valence electrons. The number of rotatable bonds is 15. The van der Waals surface area contributed by atoms with E-state index in [1.807, 2.05) is 25.4 Å². The predicted octanol–water partition coefficient (Wildman–Crippen LogP) is 11.8. The van der Waals surface area contributed by atoms with Gasteiger partial charge in [0.1, 0.15) is 0 Å². The number of aliphatic imine (C=N–C) groups is 1. The number of fused-ring (bicyclic) bond motifs is 1. The van der Waals surface area contributed by atoms with E-state index in [0.717, 1.165) is 66.3 Å². The third kappa shape index (κ3) is 7.94. The lowest BCUT2D eigenvalue weighted by Gasteiger charge is -2.35. The summed E-state index contributed by atoms with van der Waals surface area (Å²) in [6.07, 6.45) is 13.5. The zero-order valence-corrected chi connectivity index (χ0v) is 29.1. The van der Waals surface area contributed by atoms with Gasteiger partial charge < -0.3 is 10.2 Å². The summed E-state index contributed by atoms with van der Waals surface area (Å²) in [5.41, 5.74) is 12.5. The molecule has 2 heterocycles. The van der Waals surface area contributed by atoms with Gasteiger partial charge in [-0.25, -0.2) is 0 Å². The molecule has 1 N–H and O–H groups in total. The molecule has 5 rings (SSSR count). The minimum absolute atomic E-state index is 0.0318. The van der Waals surface area contributed by atoms with Gasteiger partial charge in [-0.1, -0.05) is 119 Å². The zero-order chi connectivity index (χ0) is 34.0. The average molecular weight is 635 g/mol. The molecule has 1 aromatic heterocycles. The van der Waals surface area contributed by atoms with Crippen LogP contribution in [-0.2, 0) is 0 Å². The largest absolute Gasteiger partial charge is 0.353 e. The summed E-state index contributed by atoms with van der Waals surface area (Å²) in [4.78, 5) is 12.2. The first-order valence-electron chi connectivity index (χ1n) is 17.3. The Kier molecular flexibility index (Phi) is 11.6. The molecule has 1 aliphatic rings. The molecular formula is C44H50N4. The number of pyridine rings is 1. The molecule has 0 saturated carbocycles. The average Bonchev–Trinajstić information content (AvgIpc) is 3.10. The number of nitrogens with zero attached hydrogens (tertiary/aromatic N) is 3.